The fourth-order valence-electron chi connectivity index (χ4n) is 2.01. The van der Waals surface area contributed by atoms with Crippen molar-refractivity contribution >= 4 is 16.3 Å². The fraction of sp³-hybridized carbons (Fsp3) is 0. The van der Waals surface area contributed by atoms with E-state index in [4.69, 9.17) is 0 Å². The van der Waals surface area contributed by atoms with Gasteiger partial charge in [-0.2, -0.15) is 9.61 Å². The largest absolute Gasteiger partial charge is 0.253 e. The number of hydrogen-bond acceptors (Lipinski definition) is 5. The lowest BCUT2D eigenvalue weighted by Crippen LogP contribution is -1.92. The summed E-state index contributed by atoms with van der Waals surface area (Å²) in [6, 6.07) is 11.9. The third-order valence-corrected chi connectivity index (χ3v) is 3.90. The first-order valence-electron chi connectivity index (χ1n) is 6.21. The highest BCUT2D eigenvalue weighted by atomic mass is 32.1. The molecule has 102 valence electrons. The lowest BCUT2D eigenvalue weighted by atomic mass is 10.2. The van der Waals surface area contributed by atoms with Crippen molar-refractivity contribution in [3.63, 3.8) is 0 Å². The van der Waals surface area contributed by atoms with Crippen LogP contribution in [0, 0.1) is 5.82 Å². The zero-order valence-corrected chi connectivity index (χ0v) is 11.5. The van der Waals surface area contributed by atoms with Gasteiger partial charge >= 0.3 is 0 Å². The average molecular weight is 297 g/mol. The van der Waals surface area contributed by atoms with E-state index >= 15 is 0 Å². The molecule has 4 rings (SSSR count). The minimum absolute atomic E-state index is 0.289. The summed E-state index contributed by atoms with van der Waals surface area (Å²) < 4.78 is 14.9. The Hall–Kier alpha value is -2.67. The molecule has 4 aromatic rings. The quantitative estimate of drug-likeness (QED) is 0.570. The van der Waals surface area contributed by atoms with Crippen molar-refractivity contribution in [2.45, 2.75) is 0 Å². The molecule has 3 aromatic heterocycles. The van der Waals surface area contributed by atoms with Crippen molar-refractivity contribution in [1.29, 1.82) is 0 Å². The molecule has 0 saturated carbocycles. The van der Waals surface area contributed by atoms with Crippen LogP contribution in [0.5, 0.6) is 0 Å². The van der Waals surface area contributed by atoms with Crippen molar-refractivity contribution in [3.05, 3.63) is 54.5 Å². The predicted octanol–water partition coefficient (Wildman–Crippen LogP) is 3.05. The summed E-state index contributed by atoms with van der Waals surface area (Å²) in [6.07, 6.45) is 1.69. The first kappa shape index (κ1) is 12.1. The van der Waals surface area contributed by atoms with Crippen LogP contribution in [0.1, 0.15) is 0 Å². The molecule has 0 atom stereocenters. The van der Waals surface area contributed by atoms with Crippen LogP contribution in [0.4, 0.5) is 4.39 Å². The van der Waals surface area contributed by atoms with Crippen LogP contribution in [0.2, 0.25) is 0 Å². The second-order valence-electron chi connectivity index (χ2n) is 4.35. The van der Waals surface area contributed by atoms with E-state index in [-0.39, 0.29) is 5.82 Å². The molecule has 0 N–H and O–H groups in total. The molecule has 0 aliphatic carbocycles. The molecule has 0 radical (unpaired) electrons. The van der Waals surface area contributed by atoms with Gasteiger partial charge in [0.25, 0.3) is 0 Å². The van der Waals surface area contributed by atoms with Crippen molar-refractivity contribution in [3.8, 4) is 22.1 Å². The number of rotatable bonds is 2. The Morgan fingerprint density at radius 1 is 1.05 bits per heavy atom. The first-order valence-corrected chi connectivity index (χ1v) is 7.02. The number of halogens is 1. The first-order chi connectivity index (χ1) is 10.3. The second-order valence-corrected chi connectivity index (χ2v) is 5.31. The summed E-state index contributed by atoms with van der Waals surface area (Å²) in [5, 5.41) is 13.4. The maximum absolute atomic E-state index is 13.3. The zero-order chi connectivity index (χ0) is 14.2. The third kappa shape index (κ3) is 2.07. The van der Waals surface area contributed by atoms with Gasteiger partial charge in [0.1, 0.15) is 16.5 Å². The highest BCUT2D eigenvalue weighted by Crippen LogP contribution is 2.27. The number of pyridine rings is 1. The van der Waals surface area contributed by atoms with E-state index in [1.807, 2.05) is 24.3 Å². The Labute approximate surface area is 122 Å². The van der Waals surface area contributed by atoms with Crippen LogP contribution < -0.4 is 0 Å². The van der Waals surface area contributed by atoms with Crippen LogP contribution in [-0.4, -0.2) is 24.8 Å². The molecule has 0 saturated heterocycles. The lowest BCUT2D eigenvalue weighted by molar-refractivity contribution is 0.628. The van der Waals surface area contributed by atoms with Gasteiger partial charge in [0.15, 0.2) is 0 Å². The molecule has 0 spiro atoms. The Balaban J connectivity index is 1.87. The van der Waals surface area contributed by atoms with E-state index in [0.29, 0.717) is 21.5 Å². The number of benzene rings is 1. The molecule has 0 bridgehead atoms. The van der Waals surface area contributed by atoms with E-state index in [9.17, 15) is 4.39 Å². The van der Waals surface area contributed by atoms with Gasteiger partial charge in [-0.15, -0.1) is 10.2 Å². The Bertz CT molecular complexity index is 915. The van der Waals surface area contributed by atoms with Crippen LogP contribution >= 0.6 is 11.3 Å². The molecule has 7 heteroatoms. The van der Waals surface area contributed by atoms with Gasteiger partial charge in [-0.05, 0) is 24.3 Å². The second kappa shape index (κ2) is 4.71. The van der Waals surface area contributed by atoms with Crippen LogP contribution in [0.15, 0.2) is 48.7 Å². The maximum Gasteiger partial charge on any atom is 0.235 e. The highest BCUT2D eigenvalue weighted by Gasteiger charge is 2.15. The normalized spacial score (nSPS) is 11.1. The van der Waals surface area contributed by atoms with Crippen molar-refractivity contribution in [1.82, 2.24) is 24.8 Å². The topological polar surface area (TPSA) is 56.0 Å². The van der Waals surface area contributed by atoms with Gasteiger partial charge in [-0.1, -0.05) is 29.5 Å². The molecule has 5 nitrogen and oxygen atoms in total. The van der Waals surface area contributed by atoms with Crippen molar-refractivity contribution < 1.29 is 4.39 Å². The molecule has 0 aliphatic heterocycles. The third-order valence-electron chi connectivity index (χ3n) is 2.96. The highest BCUT2D eigenvalue weighted by molar-refractivity contribution is 7.19. The van der Waals surface area contributed by atoms with Gasteiger partial charge < -0.3 is 0 Å². The summed E-state index contributed by atoms with van der Waals surface area (Å²) in [5.41, 5.74) is 1.42. The van der Waals surface area contributed by atoms with E-state index in [1.165, 1.54) is 23.5 Å². The molecule has 3 heterocycles. The predicted molar refractivity (Wildman–Crippen MR) is 77.3 cm³/mol. The fourth-order valence-corrected chi connectivity index (χ4v) is 2.85. The average Bonchev–Trinajstić information content (AvgIpc) is 3.08. The Morgan fingerprint density at radius 2 is 2.00 bits per heavy atom. The summed E-state index contributed by atoms with van der Waals surface area (Å²) >= 11 is 1.36. The number of aromatic nitrogens is 5. The van der Waals surface area contributed by atoms with Gasteiger partial charge in [0.05, 0.1) is 0 Å². The zero-order valence-electron chi connectivity index (χ0n) is 10.6. The number of fused-ring (bicyclic) bond motifs is 1. The molecule has 21 heavy (non-hydrogen) atoms. The van der Waals surface area contributed by atoms with E-state index in [2.05, 4.69) is 20.3 Å². The minimum atomic E-state index is -0.289. The van der Waals surface area contributed by atoms with Crippen LogP contribution in [-0.2, 0) is 0 Å². The molecular formula is C14H8FN5S. The molecule has 0 unspecified atom stereocenters. The summed E-state index contributed by atoms with van der Waals surface area (Å²) in [6.45, 7) is 0. The summed E-state index contributed by atoms with van der Waals surface area (Å²) in [7, 11) is 0. The van der Waals surface area contributed by atoms with Gasteiger partial charge in [-0.3, -0.25) is 4.98 Å². The Kier molecular flexibility index (Phi) is 2.71. The smallest absolute Gasteiger partial charge is 0.235 e. The SMILES string of the molecule is Fc1cccc(-c2nn3c(-c4ccccn4)nnc3s2)c1. The van der Waals surface area contributed by atoms with Crippen LogP contribution in [0.3, 0.4) is 0 Å². The molecule has 0 fully saturated rings. The summed E-state index contributed by atoms with van der Waals surface area (Å²) in [5.74, 6) is 0.285. The van der Waals surface area contributed by atoms with Crippen LogP contribution in [0.25, 0.3) is 27.1 Å². The molecular weight excluding hydrogens is 289 g/mol. The van der Waals surface area contributed by atoms with Gasteiger partial charge in [0, 0.05) is 11.8 Å². The van der Waals surface area contributed by atoms with Crippen molar-refractivity contribution in [2.75, 3.05) is 0 Å². The van der Waals surface area contributed by atoms with Gasteiger partial charge in [0.2, 0.25) is 10.8 Å². The summed E-state index contributed by atoms with van der Waals surface area (Å²) in [4.78, 5) is 4.90. The lowest BCUT2D eigenvalue weighted by Gasteiger charge is -1.96. The Morgan fingerprint density at radius 3 is 2.81 bits per heavy atom. The van der Waals surface area contributed by atoms with E-state index in [0.717, 1.165) is 5.56 Å². The van der Waals surface area contributed by atoms with E-state index < -0.39 is 0 Å². The van der Waals surface area contributed by atoms with E-state index in [1.54, 1.807) is 16.8 Å². The minimum Gasteiger partial charge on any atom is -0.253 e. The van der Waals surface area contributed by atoms with Gasteiger partial charge in [-0.25, -0.2) is 4.39 Å². The monoisotopic (exact) mass is 297 g/mol. The molecule has 1 aromatic carbocycles. The standard InChI is InChI=1S/C14H8FN5S/c15-10-5-3-4-9(8-10)13-19-20-12(17-18-14(20)21-13)11-6-1-2-7-16-11/h1-8H. The van der Waals surface area contributed by atoms with Crippen molar-refractivity contribution in [2.24, 2.45) is 0 Å². The molecule has 0 aliphatic rings. The molecule has 0 amide bonds. The number of hydrogen-bond donors (Lipinski definition) is 0. The number of nitrogens with zero attached hydrogens (tertiary/aromatic N) is 5. The maximum atomic E-state index is 13.3.